The molecule has 0 unspecified atom stereocenters. The summed E-state index contributed by atoms with van der Waals surface area (Å²) in [5, 5.41) is 12.1. The van der Waals surface area contributed by atoms with Crippen LogP contribution in [0.2, 0.25) is 0 Å². The summed E-state index contributed by atoms with van der Waals surface area (Å²) in [7, 11) is -12.2. The minimum Gasteiger partial charge on any atom is -0.372 e. The zero-order chi connectivity index (χ0) is 33.3. The molecule has 0 bridgehead atoms. The first-order valence-corrected chi connectivity index (χ1v) is 18.4. The summed E-state index contributed by atoms with van der Waals surface area (Å²) in [4.78, 5) is 12.2. The molecular formula is C34H31NO8S3. The van der Waals surface area contributed by atoms with E-state index < -0.39 is 51.8 Å². The maximum absolute atomic E-state index is 14.2. The van der Waals surface area contributed by atoms with Crippen LogP contribution in [0.3, 0.4) is 0 Å². The highest BCUT2D eigenvalue weighted by molar-refractivity contribution is 8.33. The van der Waals surface area contributed by atoms with E-state index in [0.717, 1.165) is 40.5 Å². The molecule has 9 nitrogen and oxygen atoms in total. The van der Waals surface area contributed by atoms with E-state index in [1.54, 1.807) is 19.1 Å². The Balaban J connectivity index is 1.66. The summed E-state index contributed by atoms with van der Waals surface area (Å²) in [6, 6.07) is 30.5. The first-order valence-electron chi connectivity index (χ1n) is 14.0. The number of hydrogen-bond acceptors (Lipinski definition) is 8. The van der Waals surface area contributed by atoms with E-state index in [1.165, 1.54) is 12.1 Å². The zero-order valence-electron chi connectivity index (χ0n) is 25.4. The van der Waals surface area contributed by atoms with Gasteiger partial charge in [-0.2, -0.15) is 16.8 Å². The monoisotopic (exact) mass is 677 g/mol. The average molecular weight is 678 g/mol. The summed E-state index contributed by atoms with van der Waals surface area (Å²) < 4.78 is 65.7. The quantitative estimate of drug-likeness (QED) is 0.0822. The van der Waals surface area contributed by atoms with Crippen LogP contribution < -0.4 is 4.18 Å². The van der Waals surface area contributed by atoms with Crippen molar-refractivity contribution in [2.75, 3.05) is 0 Å². The molecule has 0 amide bonds. The molecule has 46 heavy (non-hydrogen) atoms. The molecule has 12 heteroatoms. The van der Waals surface area contributed by atoms with E-state index in [9.17, 15) is 26.9 Å². The average Bonchev–Trinajstić information content (AvgIpc) is 3.01. The predicted octanol–water partition coefficient (Wildman–Crippen LogP) is 8.20. The minimum atomic E-state index is -4.74. The standard InChI is InChI=1S/C34H31NO8S3/c1-24-5-13-28(14-6-24)44(29-15-7-25(2)8-16-29,30-17-9-26(3)10-18-30)43-46(40,41)32-21-22-34(33(23-32)35(36)37)42-45(38,39)31-19-11-27(4)12-20-31/h5-23H,1-4H3. The van der Waals surface area contributed by atoms with Gasteiger partial charge in [-0.15, -0.1) is 0 Å². The van der Waals surface area contributed by atoms with Gasteiger partial charge in [0, 0.05) is 20.8 Å². The Bertz CT molecular complexity index is 2000. The lowest BCUT2D eigenvalue weighted by Gasteiger charge is -2.39. The molecule has 0 heterocycles. The lowest BCUT2D eigenvalue weighted by atomic mass is 10.2. The third-order valence-electron chi connectivity index (χ3n) is 7.18. The van der Waals surface area contributed by atoms with E-state index in [1.807, 2.05) is 93.6 Å². The second-order valence-corrected chi connectivity index (χ2v) is 16.8. The van der Waals surface area contributed by atoms with Crippen molar-refractivity contribution in [2.45, 2.75) is 52.2 Å². The number of aryl methyl sites for hydroxylation is 4. The number of nitrogens with zero attached hydrogens (tertiary/aromatic N) is 1. The lowest BCUT2D eigenvalue weighted by molar-refractivity contribution is -0.385. The fourth-order valence-corrected chi connectivity index (χ4v) is 10.8. The molecule has 0 aliphatic rings. The fraction of sp³-hybridized carbons (Fsp3) is 0.118. The molecule has 5 aromatic carbocycles. The molecule has 0 aliphatic carbocycles. The third kappa shape index (κ3) is 6.70. The number of benzene rings is 5. The summed E-state index contributed by atoms with van der Waals surface area (Å²) in [5.41, 5.74) is 2.82. The Hall–Kier alpha value is -4.49. The Morgan fingerprint density at radius 1 is 0.500 bits per heavy atom. The van der Waals surface area contributed by atoms with Gasteiger partial charge in [-0.05, 0) is 98.7 Å². The van der Waals surface area contributed by atoms with Gasteiger partial charge in [-0.3, -0.25) is 10.1 Å². The van der Waals surface area contributed by atoms with E-state index in [0.29, 0.717) is 14.7 Å². The Kier molecular flexibility index (Phi) is 9.09. The van der Waals surface area contributed by atoms with Gasteiger partial charge in [0.2, 0.25) is 5.75 Å². The molecule has 5 rings (SSSR count). The van der Waals surface area contributed by atoms with E-state index in [2.05, 4.69) is 0 Å². The van der Waals surface area contributed by atoms with Crippen LogP contribution in [0.1, 0.15) is 22.3 Å². The molecule has 0 radical (unpaired) electrons. The van der Waals surface area contributed by atoms with E-state index in [-0.39, 0.29) is 4.90 Å². The molecule has 0 saturated carbocycles. The summed E-state index contributed by atoms with van der Waals surface area (Å²) in [6.45, 7) is 7.52. The molecular weight excluding hydrogens is 647 g/mol. The SMILES string of the molecule is Cc1ccc(S(OS(=O)(=O)c2ccc(OS(=O)(=O)c3ccc(C)cc3)c([N+](=O)[O-])c2)(c2ccc(C)cc2)c2ccc(C)cc2)cc1. The maximum atomic E-state index is 14.2. The van der Waals surface area contributed by atoms with Crippen LogP contribution >= 0.6 is 10.3 Å². The topological polar surface area (TPSA) is 130 Å². The van der Waals surface area contributed by atoms with Gasteiger partial charge in [-0.25, -0.2) is 3.63 Å². The molecule has 0 spiro atoms. The minimum absolute atomic E-state index is 0.213. The Morgan fingerprint density at radius 2 is 0.848 bits per heavy atom. The summed E-state index contributed by atoms with van der Waals surface area (Å²) in [6.07, 6.45) is 0. The fourth-order valence-electron chi connectivity index (χ4n) is 4.63. The van der Waals surface area contributed by atoms with Gasteiger partial charge in [0.15, 0.2) is 0 Å². The maximum Gasteiger partial charge on any atom is 0.339 e. The van der Waals surface area contributed by atoms with Gasteiger partial charge in [0.1, 0.15) is 9.79 Å². The van der Waals surface area contributed by atoms with Crippen LogP contribution in [0, 0.1) is 37.8 Å². The molecule has 238 valence electrons. The first kappa shape index (κ1) is 32.9. The van der Waals surface area contributed by atoms with Crippen molar-refractivity contribution in [1.29, 1.82) is 0 Å². The normalized spacial score (nSPS) is 12.4. The summed E-state index contributed by atoms with van der Waals surface area (Å²) in [5.74, 6) is -0.640. The van der Waals surface area contributed by atoms with Crippen molar-refractivity contribution in [1.82, 2.24) is 0 Å². The predicted molar refractivity (Wildman–Crippen MR) is 176 cm³/mol. The zero-order valence-corrected chi connectivity index (χ0v) is 27.9. The van der Waals surface area contributed by atoms with Crippen molar-refractivity contribution < 1.29 is 29.6 Å². The number of nitro groups is 1. The first-order chi connectivity index (χ1) is 21.7. The molecule has 5 aromatic rings. The molecule has 0 aromatic heterocycles. The molecule has 0 saturated heterocycles. The number of hydrogen-bond donors (Lipinski definition) is 0. The Labute approximate surface area is 270 Å². The Morgan fingerprint density at radius 3 is 1.22 bits per heavy atom. The molecule has 0 aliphatic heterocycles. The van der Waals surface area contributed by atoms with E-state index in [4.69, 9.17) is 7.81 Å². The van der Waals surface area contributed by atoms with Gasteiger partial charge in [-0.1, -0.05) is 70.8 Å². The second-order valence-electron chi connectivity index (χ2n) is 10.8. The van der Waals surface area contributed by atoms with Crippen molar-refractivity contribution in [3.8, 4) is 5.75 Å². The van der Waals surface area contributed by atoms with Crippen LogP contribution in [0.25, 0.3) is 0 Å². The lowest BCUT2D eigenvalue weighted by Crippen LogP contribution is -2.15. The summed E-state index contributed by atoms with van der Waals surface area (Å²) >= 11 is 0. The van der Waals surface area contributed by atoms with Crippen molar-refractivity contribution in [2.24, 2.45) is 0 Å². The van der Waals surface area contributed by atoms with Crippen molar-refractivity contribution in [3.05, 3.63) is 148 Å². The van der Waals surface area contributed by atoms with Gasteiger partial charge in [0.05, 0.1) is 4.92 Å². The van der Waals surface area contributed by atoms with Crippen molar-refractivity contribution in [3.63, 3.8) is 0 Å². The van der Waals surface area contributed by atoms with Crippen LogP contribution in [0.5, 0.6) is 5.75 Å². The molecule has 0 atom stereocenters. The van der Waals surface area contributed by atoms with Crippen molar-refractivity contribution >= 4 is 36.2 Å². The molecule has 0 fully saturated rings. The van der Waals surface area contributed by atoms with Crippen LogP contribution in [-0.4, -0.2) is 21.8 Å². The van der Waals surface area contributed by atoms with Crippen LogP contribution in [0.4, 0.5) is 5.69 Å². The van der Waals surface area contributed by atoms with Gasteiger partial charge >= 0.3 is 25.9 Å². The van der Waals surface area contributed by atoms with E-state index >= 15 is 0 Å². The number of rotatable bonds is 10. The number of nitro benzene ring substituents is 1. The second kappa shape index (κ2) is 12.7. The highest BCUT2D eigenvalue weighted by Crippen LogP contribution is 2.70. The molecule has 0 N–H and O–H groups in total. The smallest absolute Gasteiger partial charge is 0.339 e. The highest BCUT2D eigenvalue weighted by atomic mass is 32.3. The highest BCUT2D eigenvalue weighted by Gasteiger charge is 2.39. The largest absolute Gasteiger partial charge is 0.372 e. The van der Waals surface area contributed by atoms with Gasteiger partial charge < -0.3 is 4.18 Å². The van der Waals surface area contributed by atoms with Crippen LogP contribution in [0.15, 0.2) is 140 Å². The third-order valence-corrected chi connectivity index (χ3v) is 13.6. The van der Waals surface area contributed by atoms with Crippen LogP contribution in [-0.2, 0) is 23.9 Å². The van der Waals surface area contributed by atoms with Gasteiger partial charge in [0.25, 0.3) is 0 Å².